The van der Waals surface area contributed by atoms with Gasteiger partial charge in [-0.15, -0.1) is 11.3 Å². The van der Waals surface area contributed by atoms with Gasteiger partial charge in [-0.25, -0.2) is 9.78 Å². The van der Waals surface area contributed by atoms with Crippen LogP contribution in [-0.2, 0) is 27.9 Å². The third-order valence-electron chi connectivity index (χ3n) is 13.5. The number of azide groups is 1. The maximum Gasteiger partial charge on any atom is 0.338 e. The summed E-state index contributed by atoms with van der Waals surface area (Å²) in [7, 11) is -4.64. The van der Waals surface area contributed by atoms with Gasteiger partial charge < -0.3 is 18.3 Å². The number of aromatic nitrogens is 1. The highest BCUT2D eigenvalue weighted by atomic mass is 32.1. The molecule has 3 rings (SSSR count). The van der Waals surface area contributed by atoms with Crippen LogP contribution >= 0.6 is 11.3 Å². The zero-order valence-corrected chi connectivity index (χ0v) is 41.9. The maximum absolute atomic E-state index is 15.2. The Morgan fingerprint density at radius 1 is 1.02 bits per heavy atom. The molecule has 2 aromatic rings. The van der Waals surface area contributed by atoms with E-state index in [2.05, 4.69) is 63.5 Å². The summed E-state index contributed by atoms with van der Waals surface area (Å²) in [5.74, 6) is -1.99. The van der Waals surface area contributed by atoms with Crippen LogP contribution in [-0.4, -0.2) is 74.7 Å². The average Bonchev–Trinajstić information content (AvgIpc) is 3.67. The number of nitro benzene ring substituents is 1. The molecule has 0 N–H and O–H groups in total. The van der Waals surface area contributed by atoms with Crippen molar-refractivity contribution in [2.75, 3.05) is 0 Å². The Labute approximate surface area is 375 Å². The number of carbonyl (C=O) groups excluding carboxylic acids is 3. The topological polar surface area (TPSA) is 193 Å². The van der Waals surface area contributed by atoms with E-state index in [1.54, 1.807) is 0 Å². The summed E-state index contributed by atoms with van der Waals surface area (Å²) in [6.45, 7) is 24.4. The summed E-state index contributed by atoms with van der Waals surface area (Å²) in [5.41, 5.74) is 10.1. The highest BCUT2D eigenvalue weighted by Gasteiger charge is 2.48. The lowest BCUT2D eigenvalue weighted by Crippen LogP contribution is -2.53. The number of non-ortho nitro benzene ring substituents is 1. The van der Waals surface area contributed by atoms with Gasteiger partial charge in [-0.3, -0.25) is 19.7 Å². The van der Waals surface area contributed by atoms with Gasteiger partial charge in [0.15, 0.2) is 16.6 Å². The standard InChI is InChI=1S/C45H71N5O9SSi2/c1-13-61(14-2,15-3)58-40-28-41(51)56-39(31(8)26-35-29-60-33(10)47-35)27-37(48-49-46)38(57-44(53)34-22-24-36(25-23-34)50(54)55)21-19-20-30(7)42(32(9)43(52)45(40,11)12)59-62(16-4,17-5)18-6/h22-26,29-30,32,37-40,42H,13-21,27-28H2,1-12H3. The Morgan fingerprint density at radius 3 is 2.11 bits per heavy atom. The lowest BCUT2D eigenvalue weighted by molar-refractivity contribution is -0.384. The van der Waals surface area contributed by atoms with Crippen molar-refractivity contribution in [2.24, 2.45) is 22.4 Å². The molecule has 17 heteroatoms. The highest BCUT2D eigenvalue weighted by Crippen LogP contribution is 2.40. The summed E-state index contributed by atoms with van der Waals surface area (Å²) < 4.78 is 26.9. The van der Waals surface area contributed by atoms with Crippen LogP contribution in [0.5, 0.6) is 0 Å². The number of rotatable bonds is 16. The molecular weight excluding hydrogens is 843 g/mol. The molecule has 1 fully saturated rings. The van der Waals surface area contributed by atoms with Crippen molar-refractivity contribution in [3.63, 3.8) is 0 Å². The average molecular weight is 914 g/mol. The molecule has 1 aromatic heterocycles. The van der Waals surface area contributed by atoms with Crippen LogP contribution in [0.15, 0.2) is 40.3 Å². The van der Waals surface area contributed by atoms with E-state index in [1.165, 1.54) is 35.6 Å². The Morgan fingerprint density at radius 2 is 1.60 bits per heavy atom. The molecule has 0 aliphatic carbocycles. The molecule has 344 valence electrons. The van der Waals surface area contributed by atoms with E-state index in [0.29, 0.717) is 24.1 Å². The van der Waals surface area contributed by atoms with Crippen molar-refractivity contribution in [1.82, 2.24) is 4.98 Å². The molecule has 2 heterocycles. The molecule has 1 aliphatic heterocycles. The van der Waals surface area contributed by atoms with E-state index in [1.807, 2.05) is 46.1 Å². The summed E-state index contributed by atoms with van der Waals surface area (Å²) in [6.07, 6.45) is -0.136. The number of cyclic esters (lactones) is 1. The maximum atomic E-state index is 15.2. The Bertz CT molecular complexity index is 1880. The molecule has 1 saturated heterocycles. The van der Waals surface area contributed by atoms with E-state index in [4.69, 9.17) is 18.3 Å². The number of hydrogen-bond donors (Lipinski definition) is 0. The van der Waals surface area contributed by atoms with Gasteiger partial charge in [-0.2, -0.15) is 0 Å². The predicted octanol–water partition coefficient (Wildman–Crippen LogP) is 12.2. The van der Waals surface area contributed by atoms with E-state index in [9.17, 15) is 25.2 Å². The van der Waals surface area contributed by atoms with Gasteiger partial charge in [0.25, 0.3) is 5.69 Å². The quantitative estimate of drug-likeness (QED) is 0.0297. The molecule has 14 nitrogen and oxygen atoms in total. The second-order valence-electron chi connectivity index (χ2n) is 17.6. The zero-order valence-electron chi connectivity index (χ0n) is 39.1. The summed E-state index contributed by atoms with van der Waals surface area (Å²) in [4.78, 5) is 62.0. The second-order valence-corrected chi connectivity index (χ2v) is 28.1. The van der Waals surface area contributed by atoms with Crippen LogP contribution in [0, 0.1) is 34.3 Å². The number of nitro groups is 1. The number of ether oxygens (including phenoxy) is 2. The molecule has 7 unspecified atom stereocenters. The molecular formula is C45H71N5O9SSi2. The molecule has 0 saturated carbocycles. The van der Waals surface area contributed by atoms with Gasteiger partial charge in [0, 0.05) is 40.2 Å². The number of thiazole rings is 1. The second kappa shape index (κ2) is 23.8. The zero-order chi connectivity index (χ0) is 46.4. The van der Waals surface area contributed by atoms with E-state index in [0.717, 1.165) is 41.3 Å². The SMILES string of the molecule is CC[Si](CC)(CC)OC1C(C)CCCC(OC(=O)c2ccc([N+](=O)[O-])cc2)C(N=[N+]=[N-])CC(C(C)=Cc2csc(C)n2)OC(=O)CC(O[Si](CC)(CC)CC)C(C)(C)C(=O)C1C. The van der Waals surface area contributed by atoms with Gasteiger partial charge in [0.2, 0.25) is 0 Å². The van der Waals surface area contributed by atoms with Gasteiger partial charge in [0.05, 0.1) is 45.9 Å². The fourth-order valence-electron chi connectivity index (χ4n) is 8.72. The smallest absolute Gasteiger partial charge is 0.338 e. The van der Waals surface area contributed by atoms with Crippen LogP contribution in [0.1, 0.15) is 129 Å². The van der Waals surface area contributed by atoms with E-state index in [-0.39, 0.29) is 42.2 Å². The molecule has 7 atom stereocenters. The molecule has 1 aliphatic rings. The first-order valence-electron chi connectivity index (χ1n) is 22.5. The Balaban J connectivity index is 2.26. The van der Waals surface area contributed by atoms with Gasteiger partial charge in [0.1, 0.15) is 18.0 Å². The molecule has 0 amide bonds. The van der Waals surface area contributed by atoms with E-state index >= 15 is 4.79 Å². The number of nitrogens with zero attached hydrogens (tertiary/aromatic N) is 5. The van der Waals surface area contributed by atoms with Gasteiger partial charge in [-0.05, 0) is 105 Å². The van der Waals surface area contributed by atoms with Gasteiger partial charge >= 0.3 is 11.9 Å². The van der Waals surface area contributed by atoms with Crippen molar-refractivity contribution < 1.29 is 37.6 Å². The fourth-order valence-corrected chi connectivity index (χ4v) is 15.3. The predicted molar refractivity (Wildman–Crippen MR) is 250 cm³/mol. The molecule has 1 aromatic carbocycles. The summed E-state index contributed by atoms with van der Waals surface area (Å²) in [5, 5.41) is 18.3. The largest absolute Gasteiger partial charge is 0.458 e. The Hall–Kier alpha value is -3.74. The first-order chi connectivity index (χ1) is 29.3. The third-order valence-corrected chi connectivity index (χ3v) is 23.6. The minimum atomic E-state index is -2.39. The minimum Gasteiger partial charge on any atom is -0.458 e. The first-order valence-corrected chi connectivity index (χ1v) is 28.4. The normalized spacial score (nSPS) is 24.8. The van der Waals surface area contributed by atoms with Crippen LogP contribution < -0.4 is 0 Å². The number of ketones is 1. The summed E-state index contributed by atoms with van der Waals surface area (Å²) in [6, 6.07) is 9.27. The number of carbonyl (C=O) groups is 3. The monoisotopic (exact) mass is 913 g/mol. The van der Waals surface area contributed by atoms with Crippen LogP contribution in [0.2, 0.25) is 36.3 Å². The highest BCUT2D eigenvalue weighted by molar-refractivity contribution is 7.09. The van der Waals surface area contributed by atoms with E-state index < -0.39 is 75.3 Å². The van der Waals surface area contributed by atoms with Crippen molar-refractivity contribution in [1.29, 1.82) is 0 Å². The van der Waals surface area contributed by atoms with Gasteiger partial charge in [-0.1, -0.05) is 74.4 Å². The molecule has 62 heavy (non-hydrogen) atoms. The van der Waals surface area contributed by atoms with Crippen molar-refractivity contribution in [3.05, 3.63) is 72.0 Å². The minimum absolute atomic E-state index is 0.0264. The lowest BCUT2D eigenvalue weighted by atomic mass is 9.73. The number of Topliss-reactive ketones (excluding diaryl/α,β-unsaturated/α-hetero) is 1. The van der Waals surface area contributed by atoms with Crippen molar-refractivity contribution >= 4 is 57.5 Å². The van der Waals surface area contributed by atoms with Crippen molar-refractivity contribution in [3.8, 4) is 0 Å². The number of hydrogen-bond acceptors (Lipinski definition) is 12. The fraction of sp³-hybridized carbons (Fsp3) is 0.689. The number of benzene rings is 1. The molecule has 0 spiro atoms. The van der Waals surface area contributed by atoms with Crippen molar-refractivity contribution in [2.45, 2.75) is 182 Å². The Kier molecular flexibility index (Phi) is 20.2. The number of aryl methyl sites for hydroxylation is 1. The van der Waals surface area contributed by atoms with Crippen LogP contribution in [0.3, 0.4) is 0 Å². The van der Waals surface area contributed by atoms with Crippen LogP contribution in [0.4, 0.5) is 5.69 Å². The lowest BCUT2D eigenvalue weighted by Gasteiger charge is -2.44. The van der Waals surface area contributed by atoms with Crippen LogP contribution in [0.25, 0.3) is 16.5 Å². The first kappa shape index (κ1) is 52.6. The molecule has 0 radical (unpaired) electrons. The molecule has 0 bridgehead atoms. The number of esters is 2. The third kappa shape index (κ3) is 13.6. The summed E-state index contributed by atoms with van der Waals surface area (Å²) >= 11 is 1.48.